The molecule has 2 aromatic rings. The number of nitrogens with zero attached hydrogens (tertiary/aromatic N) is 1. The van der Waals surface area contributed by atoms with Crippen molar-refractivity contribution in [2.24, 2.45) is 0 Å². The summed E-state index contributed by atoms with van der Waals surface area (Å²) < 4.78 is 26.6. The number of halogens is 4. The van der Waals surface area contributed by atoms with Crippen molar-refractivity contribution >= 4 is 39.1 Å². The molecule has 2 rings (SSSR count). The molecule has 0 aliphatic rings. The molecule has 0 radical (unpaired) electrons. The fourth-order valence-electron chi connectivity index (χ4n) is 1.37. The number of aromatic nitrogens is 1. The Morgan fingerprint density at radius 1 is 1.26 bits per heavy atom. The molecule has 1 heterocycles. The smallest absolute Gasteiger partial charge is 0.257 e. The Balaban J connectivity index is 2.25. The molecule has 7 heteroatoms. The van der Waals surface area contributed by atoms with E-state index in [1.165, 1.54) is 12.1 Å². The maximum Gasteiger partial charge on any atom is 0.257 e. The summed E-state index contributed by atoms with van der Waals surface area (Å²) in [5.74, 6) is -2.66. The van der Waals surface area contributed by atoms with Gasteiger partial charge in [0.05, 0.1) is 16.3 Å². The molecule has 0 aliphatic carbocycles. The van der Waals surface area contributed by atoms with E-state index in [-0.39, 0.29) is 16.3 Å². The van der Waals surface area contributed by atoms with Crippen molar-refractivity contribution in [1.82, 2.24) is 4.98 Å². The van der Waals surface area contributed by atoms with Crippen molar-refractivity contribution in [3.63, 3.8) is 0 Å². The maximum atomic E-state index is 13.3. The van der Waals surface area contributed by atoms with Crippen LogP contribution in [0, 0.1) is 11.9 Å². The lowest BCUT2D eigenvalue weighted by Crippen LogP contribution is -2.14. The van der Waals surface area contributed by atoms with E-state index < -0.39 is 17.8 Å². The molecule has 0 spiro atoms. The molecule has 3 nitrogen and oxygen atoms in total. The number of rotatable bonds is 2. The number of carbonyl (C=O) groups excluding carboxylic acids is 1. The van der Waals surface area contributed by atoms with Gasteiger partial charge in [0.15, 0.2) is 0 Å². The Morgan fingerprint density at radius 3 is 2.63 bits per heavy atom. The normalized spacial score (nSPS) is 10.3. The summed E-state index contributed by atoms with van der Waals surface area (Å²) in [5.41, 5.74) is -0.0426. The number of pyridine rings is 1. The molecular formula is C12H6BrClF2N2O. The first kappa shape index (κ1) is 13.9. The quantitative estimate of drug-likeness (QED) is 0.834. The van der Waals surface area contributed by atoms with Gasteiger partial charge in [0.25, 0.3) is 5.91 Å². The minimum absolute atomic E-state index is 0.175. The Morgan fingerprint density at radius 2 is 2.00 bits per heavy atom. The van der Waals surface area contributed by atoms with Gasteiger partial charge >= 0.3 is 0 Å². The van der Waals surface area contributed by atoms with Crippen LogP contribution < -0.4 is 5.32 Å². The van der Waals surface area contributed by atoms with Crippen LogP contribution in [0.5, 0.6) is 0 Å². The standard InChI is InChI=1S/C12H6BrClF2N2O/c13-6-1-2-7(8(14)5-6)12(19)17-9-3-4-10(15)18-11(9)16/h1-5H,(H,17,19). The molecule has 1 amide bonds. The molecule has 1 N–H and O–H groups in total. The van der Waals surface area contributed by atoms with Crippen LogP contribution in [0.2, 0.25) is 5.02 Å². The van der Waals surface area contributed by atoms with E-state index in [4.69, 9.17) is 11.6 Å². The maximum absolute atomic E-state index is 13.3. The van der Waals surface area contributed by atoms with Gasteiger partial charge in [0.1, 0.15) is 0 Å². The molecular weight excluding hydrogens is 341 g/mol. The number of hydrogen-bond acceptors (Lipinski definition) is 2. The summed E-state index contributed by atoms with van der Waals surface area (Å²) in [5, 5.41) is 2.48. The van der Waals surface area contributed by atoms with Gasteiger partial charge in [-0.05, 0) is 30.3 Å². The van der Waals surface area contributed by atoms with Crippen LogP contribution >= 0.6 is 27.5 Å². The highest BCUT2D eigenvalue weighted by Gasteiger charge is 2.13. The van der Waals surface area contributed by atoms with Crippen molar-refractivity contribution in [2.75, 3.05) is 5.32 Å². The second kappa shape index (κ2) is 5.63. The fraction of sp³-hybridized carbons (Fsp3) is 0. The first-order chi connectivity index (χ1) is 8.97. The summed E-state index contributed by atoms with van der Waals surface area (Å²) >= 11 is 9.10. The topological polar surface area (TPSA) is 42.0 Å². The minimum atomic E-state index is -1.10. The van der Waals surface area contributed by atoms with Crippen LogP contribution in [0.25, 0.3) is 0 Å². The zero-order valence-electron chi connectivity index (χ0n) is 9.25. The molecule has 0 aliphatic heterocycles. The SMILES string of the molecule is O=C(Nc1ccc(F)nc1F)c1ccc(Br)cc1Cl. The van der Waals surface area contributed by atoms with E-state index in [2.05, 4.69) is 26.2 Å². The number of nitrogens with one attached hydrogen (secondary N) is 1. The monoisotopic (exact) mass is 346 g/mol. The zero-order valence-corrected chi connectivity index (χ0v) is 11.6. The summed E-state index contributed by atoms with van der Waals surface area (Å²) in [7, 11) is 0. The first-order valence-corrected chi connectivity index (χ1v) is 6.23. The fourth-order valence-corrected chi connectivity index (χ4v) is 2.13. The van der Waals surface area contributed by atoms with Gasteiger partial charge in [0.2, 0.25) is 11.9 Å². The van der Waals surface area contributed by atoms with Crippen LogP contribution in [-0.4, -0.2) is 10.9 Å². The molecule has 0 bridgehead atoms. The van der Waals surface area contributed by atoms with Crippen molar-refractivity contribution in [2.45, 2.75) is 0 Å². The van der Waals surface area contributed by atoms with Crippen LogP contribution in [0.3, 0.4) is 0 Å². The number of amides is 1. The van der Waals surface area contributed by atoms with Gasteiger partial charge < -0.3 is 5.32 Å². The summed E-state index contributed by atoms with van der Waals surface area (Å²) in [6.45, 7) is 0. The lowest BCUT2D eigenvalue weighted by Gasteiger charge is -2.07. The highest BCUT2D eigenvalue weighted by molar-refractivity contribution is 9.10. The number of hydrogen-bond donors (Lipinski definition) is 1. The van der Waals surface area contributed by atoms with Crippen molar-refractivity contribution in [3.05, 3.63) is 57.3 Å². The lowest BCUT2D eigenvalue weighted by molar-refractivity contribution is 0.102. The number of benzene rings is 1. The predicted molar refractivity (Wildman–Crippen MR) is 71.3 cm³/mol. The predicted octanol–water partition coefficient (Wildman–Crippen LogP) is 4.03. The highest BCUT2D eigenvalue weighted by atomic mass is 79.9. The zero-order chi connectivity index (χ0) is 14.0. The Labute approximate surface area is 120 Å². The van der Waals surface area contributed by atoms with Crippen LogP contribution in [0.4, 0.5) is 14.5 Å². The van der Waals surface area contributed by atoms with Crippen molar-refractivity contribution < 1.29 is 13.6 Å². The van der Waals surface area contributed by atoms with Gasteiger partial charge in [-0.1, -0.05) is 27.5 Å². The van der Waals surface area contributed by atoms with E-state index >= 15 is 0 Å². The third-order valence-electron chi connectivity index (χ3n) is 2.24. The second-order valence-corrected chi connectivity index (χ2v) is 4.87. The molecule has 98 valence electrons. The largest absolute Gasteiger partial charge is 0.318 e. The van der Waals surface area contributed by atoms with E-state index in [0.29, 0.717) is 4.47 Å². The average Bonchev–Trinajstić information content (AvgIpc) is 2.32. The van der Waals surface area contributed by atoms with E-state index in [1.807, 2.05) is 0 Å². The molecule has 0 saturated heterocycles. The molecule has 0 fully saturated rings. The first-order valence-electron chi connectivity index (χ1n) is 5.06. The molecule has 0 saturated carbocycles. The van der Waals surface area contributed by atoms with Gasteiger partial charge in [-0.25, -0.2) is 0 Å². The Bertz CT molecular complexity index is 652. The van der Waals surface area contributed by atoms with Crippen LogP contribution in [0.1, 0.15) is 10.4 Å². The average molecular weight is 348 g/mol. The molecule has 1 aromatic carbocycles. The molecule has 1 aromatic heterocycles. The highest BCUT2D eigenvalue weighted by Crippen LogP contribution is 2.22. The molecule has 0 unspecified atom stereocenters. The van der Waals surface area contributed by atoms with E-state index in [9.17, 15) is 13.6 Å². The third kappa shape index (κ3) is 3.27. The number of carbonyl (C=O) groups is 1. The lowest BCUT2D eigenvalue weighted by atomic mass is 10.2. The van der Waals surface area contributed by atoms with Gasteiger partial charge in [-0.15, -0.1) is 0 Å². The van der Waals surface area contributed by atoms with Crippen LogP contribution in [-0.2, 0) is 0 Å². The summed E-state index contributed by atoms with van der Waals surface area (Å²) in [4.78, 5) is 14.9. The van der Waals surface area contributed by atoms with Gasteiger partial charge in [-0.2, -0.15) is 13.8 Å². The Hall–Kier alpha value is -1.53. The molecule has 19 heavy (non-hydrogen) atoms. The van der Waals surface area contributed by atoms with Gasteiger partial charge in [0, 0.05) is 4.47 Å². The van der Waals surface area contributed by atoms with E-state index in [0.717, 1.165) is 12.1 Å². The third-order valence-corrected chi connectivity index (χ3v) is 3.04. The second-order valence-electron chi connectivity index (χ2n) is 3.55. The Kier molecular flexibility index (Phi) is 4.11. The van der Waals surface area contributed by atoms with Gasteiger partial charge in [-0.3, -0.25) is 4.79 Å². The molecule has 0 atom stereocenters. The summed E-state index contributed by atoms with van der Waals surface area (Å²) in [6, 6.07) is 6.68. The number of anilines is 1. The minimum Gasteiger partial charge on any atom is -0.318 e. The van der Waals surface area contributed by atoms with Crippen molar-refractivity contribution in [1.29, 1.82) is 0 Å². The van der Waals surface area contributed by atoms with Crippen LogP contribution in [0.15, 0.2) is 34.8 Å². The van der Waals surface area contributed by atoms with Crippen molar-refractivity contribution in [3.8, 4) is 0 Å². The summed E-state index contributed by atoms with van der Waals surface area (Å²) in [6.07, 6.45) is 0. The van der Waals surface area contributed by atoms with E-state index in [1.54, 1.807) is 6.07 Å².